The van der Waals surface area contributed by atoms with Crippen LogP contribution in [-0.2, 0) is 13.0 Å². The highest BCUT2D eigenvalue weighted by Gasteiger charge is 2.00. The van der Waals surface area contributed by atoms with Crippen molar-refractivity contribution in [1.82, 2.24) is 5.32 Å². The lowest BCUT2D eigenvalue weighted by molar-refractivity contribution is 0.563. The fraction of sp³-hybridized carbons (Fsp3) is 0.750. The SMILES string of the molecule is CCCCCCCCCNCc1sccc1CC. The highest BCUT2D eigenvalue weighted by Crippen LogP contribution is 2.16. The summed E-state index contributed by atoms with van der Waals surface area (Å²) in [5, 5.41) is 5.79. The zero-order valence-corrected chi connectivity index (χ0v) is 13.0. The first-order valence-electron chi connectivity index (χ1n) is 7.64. The average Bonchev–Trinajstić information content (AvgIpc) is 2.84. The molecule has 2 heteroatoms. The van der Waals surface area contributed by atoms with Crippen LogP contribution in [0.3, 0.4) is 0 Å². The second-order valence-corrected chi connectivity index (χ2v) is 6.02. The molecule has 0 amide bonds. The van der Waals surface area contributed by atoms with Crippen LogP contribution in [0.1, 0.15) is 69.2 Å². The molecule has 1 aromatic heterocycles. The summed E-state index contributed by atoms with van der Waals surface area (Å²) >= 11 is 1.89. The lowest BCUT2D eigenvalue weighted by Crippen LogP contribution is -2.14. The minimum Gasteiger partial charge on any atom is -0.312 e. The van der Waals surface area contributed by atoms with Gasteiger partial charge in [0.15, 0.2) is 0 Å². The zero-order valence-electron chi connectivity index (χ0n) is 12.1. The van der Waals surface area contributed by atoms with Crippen LogP contribution in [0.15, 0.2) is 11.4 Å². The van der Waals surface area contributed by atoms with Gasteiger partial charge >= 0.3 is 0 Å². The lowest BCUT2D eigenvalue weighted by Gasteiger charge is -2.05. The van der Waals surface area contributed by atoms with Crippen molar-refractivity contribution < 1.29 is 0 Å². The van der Waals surface area contributed by atoms with Gasteiger partial charge in [0.25, 0.3) is 0 Å². The average molecular weight is 267 g/mol. The quantitative estimate of drug-likeness (QED) is 0.547. The van der Waals surface area contributed by atoms with Crippen molar-refractivity contribution in [3.63, 3.8) is 0 Å². The Balaban J connectivity index is 1.92. The number of rotatable bonds is 11. The molecule has 1 N–H and O–H groups in total. The third kappa shape index (κ3) is 6.55. The Kier molecular flexibility index (Phi) is 9.23. The normalized spacial score (nSPS) is 11.0. The number of nitrogens with one attached hydrogen (secondary N) is 1. The summed E-state index contributed by atoms with van der Waals surface area (Å²) in [6.45, 7) is 6.76. The van der Waals surface area contributed by atoms with E-state index in [0.717, 1.165) is 13.0 Å². The largest absolute Gasteiger partial charge is 0.312 e. The summed E-state index contributed by atoms with van der Waals surface area (Å²) in [5.41, 5.74) is 1.52. The number of unbranched alkanes of at least 4 members (excludes halogenated alkanes) is 6. The predicted octanol–water partition coefficient (Wildman–Crippen LogP) is 5.15. The second-order valence-electron chi connectivity index (χ2n) is 5.02. The van der Waals surface area contributed by atoms with Crippen molar-refractivity contribution in [3.05, 3.63) is 21.9 Å². The van der Waals surface area contributed by atoms with Gasteiger partial charge in [-0.15, -0.1) is 11.3 Å². The van der Waals surface area contributed by atoms with Crippen LogP contribution in [0.5, 0.6) is 0 Å². The van der Waals surface area contributed by atoms with E-state index in [1.54, 1.807) is 0 Å². The smallest absolute Gasteiger partial charge is 0.0302 e. The van der Waals surface area contributed by atoms with Gasteiger partial charge in [0, 0.05) is 11.4 Å². The molecule has 18 heavy (non-hydrogen) atoms. The maximum atomic E-state index is 3.57. The van der Waals surface area contributed by atoms with Gasteiger partial charge in [0.1, 0.15) is 0 Å². The molecule has 0 unspecified atom stereocenters. The molecule has 0 aromatic carbocycles. The first-order valence-corrected chi connectivity index (χ1v) is 8.52. The van der Waals surface area contributed by atoms with E-state index >= 15 is 0 Å². The van der Waals surface area contributed by atoms with Crippen LogP contribution in [-0.4, -0.2) is 6.54 Å². The first kappa shape index (κ1) is 15.7. The van der Waals surface area contributed by atoms with E-state index < -0.39 is 0 Å². The zero-order chi connectivity index (χ0) is 13.1. The highest BCUT2D eigenvalue weighted by atomic mass is 32.1. The van der Waals surface area contributed by atoms with Crippen LogP contribution < -0.4 is 5.32 Å². The van der Waals surface area contributed by atoms with Crippen LogP contribution in [0.25, 0.3) is 0 Å². The van der Waals surface area contributed by atoms with Crippen LogP contribution in [0.4, 0.5) is 0 Å². The maximum Gasteiger partial charge on any atom is 0.0302 e. The summed E-state index contributed by atoms with van der Waals surface area (Å²) in [6.07, 6.45) is 10.9. The van der Waals surface area contributed by atoms with Crippen LogP contribution in [0, 0.1) is 0 Å². The minimum atomic E-state index is 1.07. The van der Waals surface area contributed by atoms with Gasteiger partial charge in [0.2, 0.25) is 0 Å². The fourth-order valence-corrected chi connectivity index (χ4v) is 3.19. The Bertz CT molecular complexity index is 293. The molecule has 0 saturated heterocycles. The topological polar surface area (TPSA) is 12.0 Å². The molecule has 0 aliphatic carbocycles. The summed E-state index contributed by atoms with van der Waals surface area (Å²) < 4.78 is 0. The number of aryl methyl sites for hydroxylation is 1. The lowest BCUT2D eigenvalue weighted by atomic mass is 10.1. The molecule has 1 aromatic rings. The fourth-order valence-electron chi connectivity index (χ4n) is 2.25. The Morgan fingerprint density at radius 2 is 1.72 bits per heavy atom. The van der Waals surface area contributed by atoms with E-state index in [0.29, 0.717) is 0 Å². The summed E-state index contributed by atoms with van der Waals surface area (Å²) in [7, 11) is 0. The predicted molar refractivity (Wildman–Crippen MR) is 83.4 cm³/mol. The van der Waals surface area contributed by atoms with E-state index in [-0.39, 0.29) is 0 Å². The third-order valence-corrected chi connectivity index (χ3v) is 4.42. The van der Waals surface area contributed by atoms with Gasteiger partial charge in [0.05, 0.1) is 0 Å². The van der Waals surface area contributed by atoms with E-state index in [2.05, 4.69) is 30.6 Å². The Morgan fingerprint density at radius 1 is 1.00 bits per heavy atom. The molecule has 1 nitrogen and oxygen atoms in total. The van der Waals surface area contributed by atoms with Crippen LogP contribution >= 0.6 is 11.3 Å². The number of hydrogen-bond donors (Lipinski definition) is 1. The molecule has 0 radical (unpaired) electrons. The highest BCUT2D eigenvalue weighted by molar-refractivity contribution is 7.10. The standard InChI is InChI=1S/C16H29NS/c1-3-5-6-7-8-9-10-12-17-14-16-15(4-2)11-13-18-16/h11,13,17H,3-10,12,14H2,1-2H3. The van der Waals surface area contributed by atoms with Gasteiger partial charge in [-0.2, -0.15) is 0 Å². The molecule has 0 fully saturated rings. The van der Waals surface area contributed by atoms with Gasteiger partial charge in [-0.1, -0.05) is 52.4 Å². The first-order chi connectivity index (χ1) is 8.88. The molecular weight excluding hydrogens is 238 g/mol. The van der Waals surface area contributed by atoms with Gasteiger partial charge in [-0.05, 0) is 36.4 Å². The van der Waals surface area contributed by atoms with E-state index in [9.17, 15) is 0 Å². The van der Waals surface area contributed by atoms with E-state index in [1.165, 1.54) is 61.9 Å². The van der Waals surface area contributed by atoms with Crippen molar-refractivity contribution in [1.29, 1.82) is 0 Å². The minimum absolute atomic E-state index is 1.07. The van der Waals surface area contributed by atoms with E-state index in [1.807, 2.05) is 11.3 Å². The molecule has 1 rings (SSSR count). The van der Waals surface area contributed by atoms with Crippen molar-refractivity contribution in [3.8, 4) is 0 Å². The Morgan fingerprint density at radius 3 is 2.44 bits per heavy atom. The summed E-state index contributed by atoms with van der Waals surface area (Å²) in [5.74, 6) is 0. The maximum absolute atomic E-state index is 3.57. The van der Waals surface area contributed by atoms with Crippen molar-refractivity contribution in [2.45, 2.75) is 71.8 Å². The summed E-state index contributed by atoms with van der Waals surface area (Å²) in [4.78, 5) is 1.53. The number of thiophene rings is 1. The monoisotopic (exact) mass is 267 g/mol. The van der Waals surface area contributed by atoms with E-state index in [4.69, 9.17) is 0 Å². The van der Waals surface area contributed by atoms with Crippen LogP contribution in [0.2, 0.25) is 0 Å². The molecule has 104 valence electrons. The number of hydrogen-bond acceptors (Lipinski definition) is 2. The van der Waals surface area contributed by atoms with Gasteiger partial charge < -0.3 is 5.32 Å². The second kappa shape index (κ2) is 10.6. The summed E-state index contributed by atoms with van der Waals surface area (Å²) in [6, 6.07) is 2.26. The molecule has 0 bridgehead atoms. The Labute approximate surface area is 117 Å². The molecule has 0 aliphatic rings. The third-order valence-electron chi connectivity index (χ3n) is 3.46. The molecule has 1 heterocycles. The van der Waals surface area contributed by atoms with Gasteiger partial charge in [-0.3, -0.25) is 0 Å². The van der Waals surface area contributed by atoms with Crippen molar-refractivity contribution >= 4 is 11.3 Å². The molecule has 0 aliphatic heterocycles. The Hall–Kier alpha value is -0.340. The molecule has 0 spiro atoms. The molecule has 0 saturated carbocycles. The van der Waals surface area contributed by atoms with Gasteiger partial charge in [-0.25, -0.2) is 0 Å². The van der Waals surface area contributed by atoms with Crippen molar-refractivity contribution in [2.75, 3.05) is 6.54 Å². The van der Waals surface area contributed by atoms with Crippen molar-refractivity contribution in [2.24, 2.45) is 0 Å². The molecular formula is C16H29NS. The molecule has 0 atom stereocenters.